The Morgan fingerprint density at radius 2 is 1.88 bits per heavy atom. The zero-order chi connectivity index (χ0) is 17.9. The topological polar surface area (TPSA) is 47.6 Å². The number of ether oxygens (including phenoxy) is 2. The molecule has 1 N–H and O–H groups in total. The fourth-order valence-electron chi connectivity index (χ4n) is 2.55. The molecule has 1 aliphatic heterocycles. The monoisotopic (exact) mass is 351 g/mol. The lowest BCUT2D eigenvalue weighted by Gasteiger charge is -2.17. The second kappa shape index (κ2) is 7.14. The van der Waals surface area contributed by atoms with Gasteiger partial charge in [-0.3, -0.25) is 4.79 Å². The highest BCUT2D eigenvalue weighted by molar-refractivity contribution is 5.95. The molecule has 2 aromatic rings. The molecule has 1 saturated heterocycles. The number of benzene rings is 2. The molecule has 7 heteroatoms. The molecule has 3 rings (SSSR count). The highest BCUT2D eigenvalue weighted by Crippen LogP contribution is 2.38. The molecule has 0 aromatic heterocycles. The van der Waals surface area contributed by atoms with Gasteiger partial charge in [-0.25, -0.2) is 0 Å². The highest BCUT2D eigenvalue weighted by atomic mass is 19.4. The average Bonchev–Trinajstić information content (AvgIpc) is 3.11. The number of carbonyl (C=O) groups excluding carboxylic acids is 1. The molecule has 1 atom stereocenters. The Morgan fingerprint density at radius 3 is 2.52 bits per heavy atom. The van der Waals surface area contributed by atoms with E-state index in [1.54, 1.807) is 30.3 Å². The van der Waals surface area contributed by atoms with Crippen molar-refractivity contribution in [2.24, 2.45) is 0 Å². The summed E-state index contributed by atoms with van der Waals surface area (Å²) in [6.07, 6.45) is -4.12. The first-order valence-electron chi connectivity index (χ1n) is 7.80. The van der Waals surface area contributed by atoms with Gasteiger partial charge >= 0.3 is 6.18 Å². The summed E-state index contributed by atoms with van der Waals surface area (Å²) in [5.74, 6) is -0.111. The third-order valence-electron chi connectivity index (χ3n) is 3.76. The minimum absolute atomic E-state index is 0.0358. The highest BCUT2D eigenvalue weighted by Gasteiger charge is 2.35. The lowest BCUT2D eigenvalue weighted by atomic mass is 10.1. The number of halogens is 3. The van der Waals surface area contributed by atoms with Crippen LogP contribution >= 0.6 is 0 Å². The zero-order valence-corrected chi connectivity index (χ0v) is 13.2. The quantitative estimate of drug-likeness (QED) is 0.875. The zero-order valence-electron chi connectivity index (χ0n) is 13.2. The maximum absolute atomic E-state index is 13.4. The predicted octanol–water partition coefficient (Wildman–Crippen LogP) is 4.62. The van der Waals surface area contributed by atoms with Crippen LogP contribution in [0.25, 0.3) is 0 Å². The Kier molecular flexibility index (Phi) is 4.94. The van der Waals surface area contributed by atoms with Crippen molar-refractivity contribution >= 4 is 11.6 Å². The first-order valence-corrected chi connectivity index (χ1v) is 7.80. The normalized spacial score (nSPS) is 17.3. The van der Waals surface area contributed by atoms with Crippen molar-refractivity contribution < 1.29 is 27.4 Å². The molecule has 1 fully saturated rings. The molecule has 0 unspecified atom stereocenters. The van der Waals surface area contributed by atoms with Crippen molar-refractivity contribution in [3.8, 4) is 11.5 Å². The fraction of sp³-hybridized carbons (Fsp3) is 0.278. The summed E-state index contributed by atoms with van der Waals surface area (Å²) >= 11 is 0. The molecular weight excluding hydrogens is 335 g/mol. The Labute approximate surface area is 142 Å². The van der Waals surface area contributed by atoms with Crippen molar-refractivity contribution in [3.63, 3.8) is 0 Å². The second-order valence-electron chi connectivity index (χ2n) is 5.61. The number of carbonyl (C=O) groups is 1. The summed E-state index contributed by atoms with van der Waals surface area (Å²) in [4.78, 5) is 12.0. The fourth-order valence-corrected chi connectivity index (χ4v) is 2.55. The summed E-state index contributed by atoms with van der Waals surface area (Å²) in [6, 6.07) is 11.9. The molecule has 4 nitrogen and oxygen atoms in total. The lowest BCUT2D eigenvalue weighted by molar-refractivity contribution is -0.137. The van der Waals surface area contributed by atoms with E-state index in [0.29, 0.717) is 25.2 Å². The standard InChI is InChI=1S/C18H16F3NO3/c19-18(20,21)14-11-13(25-12-5-2-1-3-6-12)8-9-15(14)22-17(23)16-7-4-10-24-16/h1-3,5-6,8-9,11,16H,4,7,10H2,(H,22,23)/t16-/m0/s1. The van der Waals surface area contributed by atoms with Crippen LogP contribution < -0.4 is 10.1 Å². The van der Waals surface area contributed by atoms with Crippen LogP contribution in [0.1, 0.15) is 18.4 Å². The summed E-state index contributed by atoms with van der Waals surface area (Å²) < 4.78 is 50.7. The van der Waals surface area contributed by atoms with Gasteiger partial charge in [0.1, 0.15) is 17.6 Å². The Morgan fingerprint density at radius 1 is 1.12 bits per heavy atom. The summed E-state index contributed by atoms with van der Waals surface area (Å²) in [5, 5.41) is 2.31. The number of para-hydroxylation sites is 1. The largest absolute Gasteiger partial charge is 0.457 e. The molecule has 0 radical (unpaired) electrons. The van der Waals surface area contributed by atoms with E-state index in [2.05, 4.69) is 5.32 Å². The molecule has 1 amide bonds. The minimum atomic E-state index is -4.63. The second-order valence-corrected chi connectivity index (χ2v) is 5.61. The Hall–Kier alpha value is -2.54. The van der Waals surface area contributed by atoms with Crippen LogP contribution in [0.4, 0.5) is 18.9 Å². The third kappa shape index (κ3) is 4.30. The number of hydrogen-bond acceptors (Lipinski definition) is 3. The lowest BCUT2D eigenvalue weighted by Crippen LogP contribution is -2.28. The van der Waals surface area contributed by atoms with Gasteiger partial charge in [-0.2, -0.15) is 13.2 Å². The van der Waals surface area contributed by atoms with Crippen LogP contribution in [0, 0.1) is 0 Å². The summed E-state index contributed by atoms with van der Waals surface area (Å²) in [6.45, 7) is 0.439. The SMILES string of the molecule is O=C(Nc1ccc(Oc2ccccc2)cc1C(F)(F)F)[C@@H]1CCCO1. The van der Waals surface area contributed by atoms with Gasteiger partial charge in [0.15, 0.2) is 0 Å². The van der Waals surface area contributed by atoms with Crippen LogP contribution in [0.3, 0.4) is 0 Å². The molecule has 1 aliphatic rings. The van der Waals surface area contributed by atoms with E-state index < -0.39 is 23.8 Å². The van der Waals surface area contributed by atoms with Crippen molar-refractivity contribution in [1.29, 1.82) is 0 Å². The molecule has 2 aromatic carbocycles. The Bertz CT molecular complexity index is 741. The Balaban J connectivity index is 1.84. The smallest absolute Gasteiger partial charge is 0.418 e. The van der Waals surface area contributed by atoms with Crippen LogP contribution in [0.15, 0.2) is 48.5 Å². The van der Waals surface area contributed by atoms with Crippen molar-refractivity contribution in [1.82, 2.24) is 0 Å². The average molecular weight is 351 g/mol. The third-order valence-corrected chi connectivity index (χ3v) is 3.76. The number of hydrogen-bond donors (Lipinski definition) is 1. The molecule has 0 aliphatic carbocycles. The van der Waals surface area contributed by atoms with E-state index in [0.717, 1.165) is 6.07 Å². The molecule has 0 saturated carbocycles. The molecule has 0 spiro atoms. The van der Waals surface area contributed by atoms with E-state index in [4.69, 9.17) is 9.47 Å². The van der Waals surface area contributed by atoms with Crippen LogP contribution in [-0.2, 0) is 15.7 Å². The van der Waals surface area contributed by atoms with Crippen LogP contribution in [-0.4, -0.2) is 18.6 Å². The van der Waals surface area contributed by atoms with Gasteiger partial charge in [0.05, 0.1) is 11.3 Å². The number of anilines is 1. The maximum Gasteiger partial charge on any atom is 0.418 e. The molecule has 1 heterocycles. The van der Waals surface area contributed by atoms with E-state index in [-0.39, 0.29) is 11.4 Å². The van der Waals surface area contributed by atoms with Gasteiger partial charge in [-0.1, -0.05) is 18.2 Å². The molecule has 0 bridgehead atoms. The van der Waals surface area contributed by atoms with Gasteiger partial charge in [0.25, 0.3) is 5.91 Å². The van der Waals surface area contributed by atoms with Gasteiger partial charge in [0.2, 0.25) is 0 Å². The van der Waals surface area contributed by atoms with Crippen molar-refractivity contribution in [2.45, 2.75) is 25.1 Å². The van der Waals surface area contributed by atoms with Crippen LogP contribution in [0.2, 0.25) is 0 Å². The number of nitrogens with one attached hydrogen (secondary N) is 1. The van der Waals surface area contributed by atoms with E-state index in [9.17, 15) is 18.0 Å². The number of rotatable bonds is 4. The number of amides is 1. The van der Waals surface area contributed by atoms with Gasteiger partial charge in [-0.15, -0.1) is 0 Å². The van der Waals surface area contributed by atoms with Crippen LogP contribution in [0.5, 0.6) is 11.5 Å². The van der Waals surface area contributed by atoms with E-state index in [1.165, 1.54) is 12.1 Å². The first kappa shape index (κ1) is 17.3. The van der Waals surface area contributed by atoms with Crippen molar-refractivity contribution in [2.75, 3.05) is 11.9 Å². The molecular formula is C18H16F3NO3. The minimum Gasteiger partial charge on any atom is -0.457 e. The van der Waals surface area contributed by atoms with Gasteiger partial charge < -0.3 is 14.8 Å². The van der Waals surface area contributed by atoms with Gasteiger partial charge in [0, 0.05) is 6.61 Å². The van der Waals surface area contributed by atoms with Gasteiger partial charge in [-0.05, 0) is 43.2 Å². The molecule has 132 valence electrons. The predicted molar refractivity (Wildman–Crippen MR) is 85.6 cm³/mol. The van der Waals surface area contributed by atoms with E-state index >= 15 is 0 Å². The summed E-state index contributed by atoms with van der Waals surface area (Å²) in [7, 11) is 0. The first-order chi connectivity index (χ1) is 11.9. The van der Waals surface area contributed by atoms with Crippen molar-refractivity contribution in [3.05, 3.63) is 54.1 Å². The maximum atomic E-state index is 13.4. The molecule has 25 heavy (non-hydrogen) atoms. The summed E-state index contributed by atoms with van der Waals surface area (Å²) in [5.41, 5.74) is -1.28. The van der Waals surface area contributed by atoms with E-state index in [1.807, 2.05) is 0 Å². The number of alkyl halides is 3.